The van der Waals surface area contributed by atoms with Crippen LogP contribution in [0, 0.1) is 0 Å². The quantitative estimate of drug-likeness (QED) is 0.864. The van der Waals surface area contributed by atoms with E-state index in [0.29, 0.717) is 6.42 Å². The molecule has 0 atom stereocenters. The summed E-state index contributed by atoms with van der Waals surface area (Å²) in [6.45, 7) is 0.777. The molecule has 0 unspecified atom stereocenters. The van der Waals surface area contributed by atoms with E-state index in [9.17, 15) is 4.79 Å². The Morgan fingerprint density at radius 3 is 2.65 bits per heavy atom. The van der Waals surface area contributed by atoms with E-state index in [2.05, 4.69) is 46.4 Å². The molecule has 0 spiro atoms. The van der Waals surface area contributed by atoms with Gasteiger partial charge in [0.1, 0.15) is 0 Å². The number of nitrogens with one attached hydrogen (secondary N) is 1. The Morgan fingerprint density at radius 2 is 2.00 bits per heavy atom. The van der Waals surface area contributed by atoms with Crippen molar-refractivity contribution in [2.45, 2.75) is 31.1 Å². The maximum atomic E-state index is 11.9. The van der Waals surface area contributed by atoms with Crippen LogP contribution in [0.5, 0.6) is 0 Å². The van der Waals surface area contributed by atoms with Crippen molar-refractivity contribution in [2.75, 3.05) is 6.54 Å². The fraction of sp³-hybridized carbons (Fsp3) is 0.353. The summed E-state index contributed by atoms with van der Waals surface area (Å²) in [7, 11) is 0. The lowest BCUT2D eigenvalue weighted by atomic mass is 9.96. The van der Waals surface area contributed by atoms with E-state index in [1.165, 1.54) is 24.0 Å². The zero-order valence-electron chi connectivity index (χ0n) is 11.5. The SMILES string of the molecule is O=C(CCc1ccsc1)NCC1(c2ccccc2)CC1. The average Bonchev–Trinajstić information content (AvgIpc) is 3.11. The van der Waals surface area contributed by atoms with E-state index in [-0.39, 0.29) is 11.3 Å². The number of hydrogen-bond donors (Lipinski definition) is 1. The zero-order valence-corrected chi connectivity index (χ0v) is 12.3. The minimum absolute atomic E-state index is 0.165. The molecule has 1 heterocycles. The van der Waals surface area contributed by atoms with Crippen molar-refractivity contribution < 1.29 is 4.79 Å². The van der Waals surface area contributed by atoms with Gasteiger partial charge in [-0.25, -0.2) is 0 Å². The van der Waals surface area contributed by atoms with Crippen molar-refractivity contribution in [3.8, 4) is 0 Å². The summed E-state index contributed by atoms with van der Waals surface area (Å²) in [4.78, 5) is 11.9. The molecule has 1 aromatic carbocycles. The lowest BCUT2D eigenvalue weighted by molar-refractivity contribution is -0.121. The lowest BCUT2D eigenvalue weighted by Crippen LogP contribution is -2.32. The number of benzene rings is 1. The Kier molecular flexibility index (Phi) is 3.88. The number of hydrogen-bond acceptors (Lipinski definition) is 2. The maximum Gasteiger partial charge on any atom is 0.220 e. The van der Waals surface area contributed by atoms with Gasteiger partial charge in [0.2, 0.25) is 5.91 Å². The summed E-state index contributed by atoms with van der Waals surface area (Å²) >= 11 is 1.68. The van der Waals surface area contributed by atoms with Gasteiger partial charge < -0.3 is 5.32 Å². The maximum absolute atomic E-state index is 11.9. The predicted molar refractivity (Wildman–Crippen MR) is 83.0 cm³/mol. The van der Waals surface area contributed by atoms with E-state index in [1.54, 1.807) is 11.3 Å². The van der Waals surface area contributed by atoms with Crippen LogP contribution < -0.4 is 5.32 Å². The summed E-state index contributed by atoms with van der Waals surface area (Å²) in [6, 6.07) is 12.6. The Morgan fingerprint density at radius 1 is 1.20 bits per heavy atom. The third-order valence-electron chi connectivity index (χ3n) is 4.08. The lowest BCUT2D eigenvalue weighted by Gasteiger charge is -2.16. The van der Waals surface area contributed by atoms with Crippen molar-refractivity contribution in [1.29, 1.82) is 0 Å². The van der Waals surface area contributed by atoms with E-state index >= 15 is 0 Å². The van der Waals surface area contributed by atoms with Crippen LogP contribution in [-0.4, -0.2) is 12.5 Å². The van der Waals surface area contributed by atoms with Gasteiger partial charge in [0.25, 0.3) is 0 Å². The van der Waals surface area contributed by atoms with Crippen LogP contribution in [0.25, 0.3) is 0 Å². The van der Waals surface area contributed by atoms with Gasteiger partial charge in [-0.05, 0) is 47.2 Å². The molecule has 3 heteroatoms. The van der Waals surface area contributed by atoms with Crippen LogP contribution in [0.2, 0.25) is 0 Å². The Hall–Kier alpha value is -1.61. The minimum atomic E-state index is 0.165. The van der Waals surface area contributed by atoms with Crippen molar-refractivity contribution >= 4 is 17.2 Å². The van der Waals surface area contributed by atoms with Crippen molar-refractivity contribution in [3.05, 3.63) is 58.3 Å². The highest BCUT2D eigenvalue weighted by molar-refractivity contribution is 7.07. The molecule has 1 amide bonds. The molecule has 20 heavy (non-hydrogen) atoms. The number of carbonyl (C=O) groups excluding carboxylic acids is 1. The largest absolute Gasteiger partial charge is 0.355 e. The summed E-state index contributed by atoms with van der Waals surface area (Å²) < 4.78 is 0. The van der Waals surface area contributed by atoms with E-state index in [4.69, 9.17) is 0 Å². The monoisotopic (exact) mass is 285 g/mol. The molecule has 1 fully saturated rings. The fourth-order valence-electron chi connectivity index (χ4n) is 2.56. The minimum Gasteiger partial charge on any atom is -0.355 e. The molecule has 1 aliphatic rings. The van der Waals surface area contributed by atoms with Gasteiger partial charge in [-0.3, -0.25) is 4.79 Å². The molecule has 3 rings (SSSR count). The standard InChI is InChI=1S/C17H19NOS/c19-16(7-6-14-8-11-20-12-14)18-13-17(9-10-17)15-4-2-1-3-5-15/h1-5,8,11-12H,6-7,9-10,13H2,(H,18,19). The predicted octanol–water partition coefficient (Wildman–Crippen LogP) is 3.53. The first-order valence-corrected chi connectivity index (χ1v) is 8.06. The van der Waals surface area contributed by atoms with Crippen LogP contribution in [-0.2, 0) is 16.6 Å². The molecule has 0 aliphatic heterocycles. The Balaban J connectivity index is 1.48. The third-order valence-corrected chi connectivity index (χ3v) is 4.82. The normalized spacial score (nSPS) is 15.8. The molecule has 0 saturated heterocycles. The summed E-state index contributed by atoms with van der Waals surface area (Å²) in [5.74, 6) is 0.165. The Labute approximate surface area is 123 Å². The van der Waals surface area contributed by atoms with Crippen molar-refractivity contribution in [3.63, 3.8) is 0 Å². The summed E-state index contributed by atoms with van der Waals surface area (Å²) in [5, 5.41) is 7.28. The zero-order chi connectivity index (χ0) is 13.8. The molecule has 0 bridgehead atoms. The first-order valence-electron chi connectivity index (χ1n) is 7.12. The Bertz CT molecular complexity index is 558. The second kappa shape index (κ2) is 5.80. The molecule has 2 nitrogen and oxygen atoms in total. The van der Waals surface area contributed by atoms with E-state index < -0.39 is 0 Å². The van der Waals surface area contributed by atoms with Crippen LogP contribution in [0.15, 0.2) is 47.2 Å². The highest BCUT2D eigenvalue weighted by atomic mass is 32.1. The number of carbonyl (C=O) groups is 1. The summed E-state index contributed by atoms with van der Waals surface area (Å²) in [6.07, 6.45) is 3.79. The fourth-order valence-corrected chi connectivity index (χ4v) is 3.26. The molecule has 1 aromatic heterocycles. The van der Waals surface area contributed by atoms with Gasteiger partial charge in [-0.1, -0.05) is 30.3 Å². The number of rotatable bonds is 6. The van der Waals surface area contributed by atoms with Gasteiger partial charge in [0.05, 0.1) is 0 Å². The van der Waals surface area contributed by atoms with Gasteiger partial charge in [-0.15, -0.1) is 0 Å². The smallest absolute Gasteiger partial charge is 0.220 e. The molecule has 1 saturated carbocycles. The second-order valence-corrected chi connectivity index (χ2v) is 6.33. The molecular weight excluding hydrogens is 266 g/mol. The van der Waals surface area contributed by atoms with Crippen LogP contribution in [0.1, 0.15) is 30.4 Å². The van der Waals surface area contributed by atoms with E-state index in [0.717, 1.165) is 13.0 Å². The van der Waals surface area contributed by atoms with Gasteiger partial charge in [0, 0.05) is 18.4 Å². The van der Waals surface area contributed by atoms with Crippen molar-refractivity contribution in [1.82, 2.24) is 5.32 Å². The topological polar surface area (TPSA) is 29.1 Å². The average molecular weight is 285 g/mol. The molecule has 1 N–H and O–H groups in total. The van der Waals surface area contributed by atoms with Crippen molar-refractivity contribution in [2.24, 2.45) is 0 Å². The number of thiophene rings is 1. The third kappa shape index (κ3) is 3.10. The van der Waals surface area contributed by atoms with Gasteiger partial charge in [-0.2, -0.15) is 11.3 Å². The molecule has 1 aliphatic carbocycles. The van der Waals surface area contributed by atoms with Crippen LogP contribution >= 0.6 is 11.3 Å². The van der Waals surface area contributed by atoms with Crippen LogP contribution in [0.3, 0.4) is 0 Å². The molecule has 0 radical (unpaired) electrons. The highest BCUT2D eigenvalue weighted by Crippen LogP contribution is 2.47. The van der Waals surface area contributed by atoms with Crippen LogP contribution in [0.4, 0.5) is 0 Å². The molecule has 2 aromatic rings. The first kappa shape index (κ1) is 13.4. The van der Waals surface area contributed by atoms with Gasteiger partial charge in [0.15, 0.2) is 0 Å². The number of amides is 1. The first-order chi connectivity index (χ1) is 9.78. The van der Waals surface area contributed by atoms with E-state index in [1.807, 2.05) is 6.07 Å². The highest BCUT2D eigenvalue weighted by Gasteiger charge is 2.44. The molecule has 104 valence electrons. The summed E-state index contributed by atoms with van der Waals surface area (Å²) in [5.41, 5.74) is 2.83. The number of aryl methyl sites for hydroxylation is 1. The van der Waals surface area contributed by atoms with Gasteiger partial charge >= 0.3 is 0 Å². The second-order valence-electron chi connectivity index (χ2n) is 5.55. The molecular formula is C17H19NOS.